The first-order chi connectivity index (χ1) is 11.1. The number of nitrogens with one attached hydrogen (secondary N) is 1. The molecule has 3 rings (SSSR count). The van der Waals surface area contributed by atoms with Gasteiger partial charge in [0.1, 0.15) is 0 Å². The molecule has 2 aromatic rings. The third kappa shape index (κ3) is 2.92. The number of fused-ring (bicyclic) bond motifs is 1. The maximum absolute atomic E-state index is 12.5. The average molecular weight is 312 g/mol. The minimum atomic E-state index is -0.150. The molecule has 0 radical (unpaired) electrons. The highest BCUT2D eigenvalue weighted by atomic mass is 16.5. The van der Waals surface area contributed by atoms with E-state index in [-0.39, 0.29) is 17.9 Å². The molecule has 0 aliphatic carbocycles. The molecule has 1 aromatic carbocycles. The Kier molecular flexibility index (Phi) is 4.30. The van der Waals surface area contributed by atoms with Gasteiger partial charge in [0.05, 0.1) is 34.7 Å². The van der Waals surface area contributed by atoms with Gasteiger partial charge in [-0.1, -0.05) is 0 Å². The minimum absolute atomic E-state index is 0.0530. The third-order valence-electron chi connectivity index (χ3n) is 4.37. The van der Waals surface area contributed by atoms with E-state index in [0.29, 0.717) is 23.6 Å². The Balaban J connectivity index is 1.90. The number of nitriles is 1. The number of imidazole rings is 1. The first-order valence-electron chi connectivity index (χ1n) is 7.97. The highest BCUT2D eigenvalue weighted by Gasteiger charge is 2.29. The van der Waals surface area contributed by atoms with Gasteiger partial charge in [0.15, 0.2) is 0 Å². The van der Waals surface area contributed by atoms with Gasteiger partial charge in [-0.3, -0.25) is 10.1 Å². The monoisotopic (exact) mass is 312 g/mol. The molecule has 23 heavy (non-hydrogen) atoms. The second kappa shape index (κ2) is 6.39. The number of amides is 1. The van der Waals surface area contributed by atoms with Gasteiger partial charge in [-0.15, -0.1) is 0 Å². The number of hydrogen-bond acceptors (Lipinski definition) is 4. The fourth-order valence-electron chi connectivity index (χ4n) is 3.09. The molecule has 1 saturated heterocycles. The molecule has 0 spiro atoms. The maximum atomic E-state index is 12.5. The number of carbonyl (C=O) groups is 1. The molecule has 1 aliphatic rings. The zero-order valence-electron chi connectivity index (χ0n) is 13.4. The summed E-state index contributed by atoms with van der Waals surface area (Å²) in [5.74, 6) is 0.326. The van der Waals surface area contributed by atoms with Crippen molar-refractivity contribution in [1.82, 2.24) is 9.55 Å². The van der Waals surface area contributed by atoms with E-state index in [4.69, 9.17) is 10.00 Å². The molecule has 0 bridgehead atoms. The van der Waals surface area contributed by atoms with E-state index in [1.165, 1.54) is 0 Å². The van der Waals surface area contributed by atoms with Crippen LogP contribution in [0.15, 0.2) is 18.2 Å². The molecule has 1 amide bonds. The fourth-order valence-corrected chi connectivity index (χ4v) is 3.09. The van der Waals surface area contributed by atoms with Crippen LogP contribution in [0.4, 0.5) is 5.95 Å². The Morgan fingerprint density at radius 1 is 1.57 bits per heavy atom. The van der Waals surface area contributed by atoms with E-state index >= 15 is 0 Å². The van der Waals surface area contributed by atoms with Gasteiger partial charge in [0.25, 0.3) is 0 Å². The lowest BCUT2D eigenvalue weighted by Gasteiger charge is -2.27. The van der Waals surface area contributed by atoms with Gasteiger partial charge in [-0.25, -0.2) is 4.98 Å². The van der Waals surface area contributed by atoms with Gasteiger partial charge in [0.2, 0.25) is 11.9 Å². The summed E-state index contributed by atoms with van der Waals surface area (Å²) >= 11 is 0. The lowest BCUT2D eigenvalue weighted by atomic mass is 9.94. The summed E-state index contributed by atoms with van der Waals surface area (Å²) in [7, 11) is 0. The summed E-state index contributed by atoms with van der Waals surface area (Å²) in [4.78, 5) is 17.0. The molecular formula is C17H20N4O2. The van der Waals surface area contributed by atoms with Crippen molar-refractivity contribution in [1.29, 1.82) is 5.26 Å². The molecule has 2 unspecified atom stereocenters. The maximum Gasteiger partial charge on any atom is 0.232 e. The van der Waals surface area contributed by atoms with Crippen LogP contribution in [0.5, 0.6) is 0 Å². The number of aromatic nitrogens is 2. The first-order valence-corrected chi connectivity index (χ1v) is 7.97. The summed E-state index contributed by atoms with van der Waals surface area (Å²) in [6.45, 7) is 5.34. The molecule has 1 N–H and O–H groups in total. The number of ether oxygens (including phenoxy) is 1. The van der Waals surface area contributed by atoms with Gasteiger partial charge in [-0.2, -0.15) is 5.26 Å². The lowest BCUT2D eigenvalue weighted by Crippen LogP contribution is -2.36. The van der Waals surface area contributed by atoms with E-state index in [1.807, 2.05) is 24.5 Å². The molecule has 6 nitrogen and oxygen atoms in total. The van der Waals surface area contributed by atoms with E-state index < -0.39 is 0 Å². The second-order valence-corrected chi connectivity index (χ2v) is 5.81. The van der Waals surface area contributed by atoms with Gasteiger partial charge in [0, 0.05) is 13.2 Å². The molecule has 2 heterocycles. The SMILES string of the molecule is CCn1c(NC(=O)C2CCCOC2C)nc2cc(C#N)ccc21. The van der Waals surface area contributed by atoms with Crippen LogP contribution in [-0.4, -0.2) is 28.2 Å². The van der Waals surface area contributed by atoms with Crippen molar-refractivity contribution in [2.45, 2.75) is 39.3 Å². The van der Waals surface area contributed by atoms with Crippen molar-refractivity contribution in [3.8, 4) is 6.07 Å². The Labute approximate surface area is 135 Å². The fraction of sp³-hybridized carbons (Fsp3) is 0.471. The van der Waals surface area contributed by atoms with Gasteiger partial charge < -0.3 is 9.30 Å². The van der Waals surface area contributed by atoms with Crippen molar-refractivity contribution in [2.24, 2.45) is 5.92 Å². The molecule has 6 heteroatoms. The largest absolute Gasteiger partial charge is 0.378 e. The standard InChI is InChI=1S/C17H20N4O2/c1-3-21-15-7-6-12(10-18)9-14(15)19-17(21)20-16(22)13-5-4-8-23-11(13)2/h6-7,9,11,13H,3-5,8H2,1-2H3,(H,19,20,22). The van der Waals surface area contributed by atoms with E-state index in [1.54, 1.807) is 12.1 Å². The summed E-state index contributed by atoms with van der Waals surface area (Å²) in [5.41, 5.74) is 2.19. The van der Waals surface area contributed by atoms with Crippen LogP contribution in [0, 0.1) is 17.2 Å². The molecule has 1 fully saturated rings. The summed E-state index contributed by atoms with van der Waals surface area (Å²) in [6, 6.07) is 7.48. The number of rotatable bonds is 3. The number of hydrogen-bond donors (Lipinski definition) is 1. The molecule has 0 saturated carbocycles. The van der Waals surface area contributed by atoms with Crippen molar-refractivity contribution in [3.63, 3.8) is 0 Å². The zero-order chi connectivity index (χ0) is 16.4. The Morgan fingerprint density at radius 3 is 3.09 bits per heavy atom. The van der Waals surface area contributed by atoms with Crippen molar-refractivity contribution in [2.75, 3.05) is 11.9 Å². The van der Waals surface area contributed by atoms with Gasteiger partial charge in [-0.05, 0) is 44.9 Å². The Morgan fingerprint density at radius 2 is 2.39 bits per heavy atom. The zero-order valence-corrected chi connectivity index (χ0v) is 13.4. The van der Waals surface area contributed by atoms with E-state index in [2.05, 4.69) is 16.4 Å². The van der Waals surface area contributed by atoms with Crippen LogP contribution in [0.2, 0.25) is 0 Å². The molecular weight excluding hydrogens is 292 g/mol. The number of aryl methyl sites for hydroxylation is 1. The predicted octanol–water partition coefficient (Wildman–Crippen LogP) is 2.68. The predicted molar refractivity (Wildman–Crippen MR) is 86.9 cm³/mol. The van der Waals surface area contributed by atoms with E-state index in [9.17, 15) is 4.79 Å². The molecule has 120 valence electrons. The van der Waals surface area contributed by atoms with Crippen LogP contribution < -0.4 is 5.32 Å². The van der Waals surface area contributed by atoms with Crippen LogP contribution in [0.1, 0.15) is 32.3 Å². The highest BCUT2D eigenvalue weighted by molar-refractivity contribution is 5.93. The smallest absolute Gasteiger partial charge is 0.232 e. The number of carbonyl (C=O) groups excluding carboxylic acids is 1. The topological polar surface area (TPSA) is 79.9 Å². The second-order valence-electron chi connectivity index (χ2n) is 5.81. The Hall–Kier alpha value is -2.39. The van der Waals surface area contributed by atoms with Crippen molar-refractivity contribution >= 4 is 22.9 Å². The van der Waals surface area contributed by atoms with Crippen molar-refractivity contribution in [3.05, 3.63) is 23.8 Å². The number of anilines is 1. The van der Waals surface area contributed by atoms with Crippen LogP contribution in [0.25, 0.3) is 11.0 Å². The molecule has 2 atom stereocenters. The molecule has 1 aliphatic heterocycles. The summed E-state index contributed by atoms with van der Waals surface area (Å²) in [6.07, 6.45) is 1.66. The van der Waals surface area contributed by atoms with Crippen LogP contribution >= 0.6 is 0 Å². The first kappa shape index (κ1) is 15.5. The van der Waals surface area contributed by atoms with Crippen molar-refractivity contribution < 1.29 is 9.53 Å². The van der Waals surface area contributed by atoms with Crippen LogP contribution in [0.3, 0.4) is 0 Å². The minimum Gasteiger partial charge on any atom is -0.378 e. The quantitative estimate of drug-likeness (QED) is 0.945. The summed E-state index contributed by atoms with van der Waals surface area (Å²) in [5, 5.41) is 11.9. The normalized spacial score (nSPS) is 21.1. The van der Waals surface area contributed by atoms with E-state index in [0.717, 1.165) is 25.0 Å². The Bertz CT molecular complexity index is 775. The lowest BCUT2D eigenvalue weighted by molar-refractivity contribution is -0.127. The third-order valence-corrected chi connectivity index (χ3v) is 4.37. The van der Waals surface area contributed by atoms with Crippen LogP contribution in [-0.2, 0) is 16.1 Å². The average Bonchev–Trinajstić information content (AvgIpc) is 2.90. The molecule has 1 aromatic heterocycles. The number of benzene rings is 1. The van der Waals surface area contributed by atoms with Gasteiger partial charge >= 0.3 is 0 Å². The highest BCUT2D eigenvalue weighted by Crippen LogP contribution is 2.24. The number of nitrogens with zero attached hydrogens (tertiary/aromatic N) is 3. The summed E-state index contributed by atoms with van der Waals surface area (Å²) < 4.78 is 7.52.